The minimum atomic E-state index is 0.256. The Hall–Kier alpha value is -0.780. The van der Waals surface area contributed by atoms with Gasteiger partial charge in [-0.1, -0.05) is 141 Å². The van der Waals surface area contributed by atoms with Gasteiger partial charge in [0.25, 0.3) is 0 Å². The third kappa shape index (κ3) is 8.33. The first-order chi connectivity index (χ1) is 19.2. The van der Waals surface area contributed by atoms with Crippen LogP contribution in [0.1, 0.15) is 185 Å². The average molecular weight is 593 g/mol. The van der Waals surface area contributed by atoms with Crippen molar-refractivity contribution >= 4 is 0 Å². The van der Waals surface area contributed by atoms with Gasteiger partial charge in [-0.25, -0.2) is 0 Å². The van der Waals surface area contributed by atoms with E-state index in [0.717, 1.165) is 29.6 Å². The second-order valence-electron chi connectivity index (χ2n) is 21.2. The molecule has 0 nitrogen and oxygen atoms in total. The van der Waals surface area contributed by atoms with Crippen LogP contribution < -0.4 is 0 Å². The monoisotopic (exact) mass is 593 g/mol. The molecule has 0 heteroatoms. The number of benzene rings is 1. The van der Waals surface area contributed by atoms with Gasteiger partial charge >= 0.3 is 0 Å². The van der Waals surface area contributed by atoms with Gasteiger partial charge in [-0.05, 0) is 130 Å². The molecule has 1 aromatic carbocycles. The number of aryl methyl sites for hydroxylation is 1. The molecule has 2 aliphatic carbocycles. The first-order valence-electron chi connectivity index (χ1n) is 18.3. The lowest BCUT2D eigenvalue weighted by molar-refractivity contribution is -0.0342. The Bertz CT molecular complexity index is 1050. The van der Waals surface area contributed by atoms with Gasteiger partial charge in [0.15, 0.2) is 0 Å². The van der Waals surface area contributed by atoms with Crippen molar-refractivity contribution in [2.75, 3.05) is 0 Å². The summed E-state index contributed by atoms with van der Waals surface area (Å²) in [5.74, 6) is 4.94. The van der Waals surface area contributed by atoms with Crippen molar-refractivity contribution in [2.45, 2.75) is 175 Å². The summed E-state index contributed by atoms with van der Waals surface area (Å²) in [6.07, 6.45) is 8.02. The predicted octanol–water partition coefficient (Wildman–Crippen LogP) is 13.9. The zero-order chi connectivity index (χ0) is 33.1. The second kappa shape index (κ2) is 12.1. The Kier molecular flexibility index (Phi) is 10.3. The summed E-state index contributed by atoms with van der Waals surface area (Å²) in [6.45, 7) is 45.3. The molecule has 1 aromatic rings. The second-order valence-corrected chi connectivity index (χ2v) is 21.2. The fourth-order valence-corrected chi connectivity index (χ4v) is 10.8. The maximum absolute atomic E-state index is 2.69. The maximum Gasteiger partial charge on any atom is -0.0130 e. The summed E-state index contributed by atoms with van der Waals surface area (Å²) in [5, 5.41) is 0. The minimum absolute atomic E-state index is 0.256. The van der Waals surface area contributed by atoms with Gasteiger partial charge < -0.3 is 0 Å². The molecule has 0 saturated heterocycles. The minimum Gasteiger partial charge on any atom is -0.0622 e. The van der Waals surface area contributed by atoms with Crippen LogP contribution in [-0.2, 0) is 0 Å². The van der Waals surface area contributed by atoms with Crippen LogP contribution in [0, 0.1) is 69.0 Å². The fourth-order valence-electron chi connectivity index (χ4n) is 10.8. The van der Waals surface area contributed by atoms with E-state index in [0.29, 0.717) is 38.9 Å². The number of hydrogen-bond acceptors (Lipinski definition) is 0. The van der Waals surface area contributed by atoms with Crippen molar-refractivity contribution in [3.05, 3.63) is 34.9 Å². The van der Waals surface area contributed by atoms with E-state index < -0.39 is 0 Å². The molecule has 0 bridgehead atoms. The SMILES string of the molecule is Cc1cc(C(CC(C)C2CC(C)(C)C(C)C(C)(C)C2)C2CC(C)(C)C(C)C(C)(C)C2)cc(C(C)C(C)(C)CC(C)(C)C)c1. The zero-order valence-corrected chi connectivity index (χ0v) is 32.5. The third-order valence-electron chi connectivity index (χ3n) is 14.0. The quantitative estimate of drug-likeness (QED) is 0.282. The summed E-state index contributed by atoms with van der Waals surface area (Å²) in [5.41, 5.74) is 6.81. The Morgan fingerprint density at radius 1 is 0.651 bits per heavy atom. The van der Waals surface area contributed by atoms with E-state index in [1.807, 2.05) is 0 Å². The Morgan fingerprint density at radius 2 is 1.05 bits per heavy atom. The van der Waals surface area contributed by atoms with Crippen LogP contribution in [0.15, 0.2) is 18.2 Å². The normalized spacial score (nSPS) is 30.8. The van der Waals surface area contributed by atoms with Gasteiger partial charge in [-0.15, -0.1) is 0 Å². The zero-order valence-electron chi connectivity index (χ0n) is 32.5. The maximum atomic E-state index is 2.69. The Labute approximate surface area is 271 Å². The van der Waals surface area contributed by atoms with Gasteiger partial charge in [0.2, 0.25) is 0 Å². The van der Waals surface area contributed by atoms with Crippen molar-refractivity contribution in [1.29, 1.82) is 0 Å². The average Bonchev–Trinajstić information content (AvgIpc) is 2.80. The first-order valence-corrected chi connectivity index (χ1v) is 18.3. The molecule has 0 spiro atoms. The molecule has 2 aliphatic rings. The highest BCUT2D eigenvalue weighted by molar-refractivity contribution is 5.35. The summed E-state index contributed by atoms with van der Waals surface area (Å²) < 4.78 is 0. The summed E-state index contributed by atoms with van der Waals surface area (Å²) in [6, 6.07) is 7.80. The van der Waals surface area contributed by atoms with Gasteiger partial charge in [0, 0.05) is 0 Å². The smallest absolute Gasteiger partial charge is 0.0130 e. The molecule has 248 valence electrons. The highest BCUT2D eigenvalue weighted by Gasteiger charge is 2.49. The van der Waals surface area contributed by atoms with Crippen LogP contribution in [-0.4, -0.2) is 0 Å². The van der Waals surface area contributed by atoms with Crippen molar-refractivity contribution in [2.24, 2.45) is 62.1 Å². The van der Waals surface area contributed by atoms with Crippen LogP contribution in [0.3, 0.4) is 0 Å². The molecule has 3 unspecified atom stereocenters. The van der Waals surface area contributed by atoms with Gasteiger partial charge in [0.1, 0.15) is 0 Å². The topological polar surface area (TPSA) is 0 Å². The molecule has 0 heterocycles. The van der Waals surface area contributed by atoms with E-state index in [2.05, 4.69) is 143 Å². The van der Waals surface area contributed by atoms with E-state index in [9.17, 15) is 0 Å². The molecule has 0 N–H and O–H groups in total. The van der Waals surface area contributed by atoms with Crippen LogP contribution in [0.4, 0.5) is 0 Å². The lowest BCUT2D eigenvalue weighted by Gasteiger charge is -2.54. The molecule has 2 fully saturated rings. The lowest BCUT2D eigenvalue weighted by atomic mass is 9.51. The van der Waals surface area contributed by atoms with E-state index >= 15 is 0 Å². The molecular formula is C43H76. The lowest BCUT2D eigenvalue weighted by Crippen LogP contribution is -2.45. The molecule has 3 atom stereocenters. The van der Waals surface area contributed by atoms with Gasteiger partial charge in [0.05, 0.1) is 0 Å². The van der Waals surface area contributed by atoms with Crippen LogP contribution >= 0.6 is 0 Å². The van der Waals surface area contributed by atoms with E-state index in [1.165, 1.54) is 44.1 Å². The summed E-state index contributed by atoms with van der Waals surface area (Å²) in [4.78, 5) is 0. The standard InChI is InChI=1S/C43H76/c1-28-19-33(30(3)43(17,18)27-38(6,7)8)22-34(20-28)37(36-25-41(13,14)32(5)42(15,16)26-36)21-29(2)35-23-39(9,10)31(4)40(11,12)24-35/h19-20,22,29-32,35-37H,21,23-27H2,1-18H3. The number of rotatable bonds is 8. The fraction of sp³-hybridized carbons (Fsp3) is 0.860. The van der Waals surface area contributed by atoms with Crippen LogP contribution in [0.25, 0.3) is 0 Å². The summed E-state index contributed by atoms with van der Waals surface area (Å²) in [7, 11) is 0. The third-order valence-corrected chi connectivity index (χ3v) is 14.0. The van der Waals surface area contributed by atoms with Gasteiger partial charge in [-0.3, -0.25) is 0 Å². The molecule has 0 amide bonds. The molecule has 0 aromatic heterocycles. The van der Waals surface area contributed by atoms with E-state index in [1.54, 1.807) is 11.1 Å². The van der Waals surface area contributed by atoms with Crippen molar-refractivity contribution in [1.82, 2.24) is 0 Å². The van der Waals surface area contributed by atoms with E-state index in [4.69, 9.17) is 0 Å². The molecule has 0 aliphatic heterocycles. The molecule has 3 rings (SSSR count). The molecule has 2 saturated carbocycles. The predicted molar refractivity (Wildman–Crippen MR) is 193 cm³/mol. The van der Waals surface area contributed by atoms with Crippen LogP contribution in [0.5, 0.6) is 0 Å². The van der Waals surface area contributed by atoms with E-state index in [-0.39, 0.29) is 5.41 Å². The van der Waals surface area contributed by atoms with Crippen molar-refractivity contribution in [3.63, 3.8) is 0 Å². The first kappa shape index (κ1) is 36.7. The van der Waals surface area contributed by atoms with Gasteiger partial charge in [-0.2, -0.15) is 0 Å². The van der Waals surface area contributed by atoms with Crippen molar-refractivity contribution < 1.29 is 0 Å². The highest BCUT2D eigenvalue weighted by Crippen LogP contribution is 2.59. The Balaban J connectivity index is 2.07. The van der Waals surface area contributed by atoms with Crippen LogP contribution in [0.2, 0.25) is 0 Å². The Morgan fingerprint density at radius 3 is 1.47 bits per heavy atom. The molecular weight excluding hydrogens is 516 g/mol. The number of hydrogen-bond donors (Lipinski definition) is 0. The van der Waals surface area contributed by atoms with Crippen molar-refractivity contribution in [3.8, 4) is 0 Å². The summed E-state index contributed by atoms with van der Waals surface area (Å²) >= 11 is 0. The molecule has 43 heavy (non-hydrogen) atoms. The molecule has 0 radical (unpaired) electrons. The largest absolute Gasteiger partial charge is 0.0622 e. The highest BCUT2D eigenvalue weighted by atomic mass is 14.5.